The van der Waals surface area contributed by atoms with Gasteiger partial charge in [0.15, 0.2) is 4.34 Å². The van der Waals surface area contributed by atoms with Crippen LogP contribution in [0.5, 0.6) is 0 Å². The summed E-state index contributed by atoms with van der Waals surface area (Å²) >= 11 is 8.41. The molecule has 0 spiro atoms. The van der Waals surface area contributed by atoms with Gasteiger partial charge in [-0.25, -0.2) is 4.39 Å². The number of aromatic nitrogens is 2. The van der Waals surface area contributed by atoms with Crippen molar-refractivity contribution >= 4 is 57.3 Å². The third kappa shape index (κ3) is 5.09. The van der Waals surface area contributed by atoms with E-state index in [1.165, 1.54) is 22.7 Å². The zero-order chi connectivity index (χ0) is 26.8. The van der Waals surface area contributed by atoms with Crippen LogP contribution in [0.2, 0.25) is 5.02 Å². The lowest BCUT2D eigenvalue weighted by Crippen LogP contribution is -2.29. The molecular weight excluding hydrogens is 545 g/mol. The number of carbonyl (C=O) groups excluding carboxylic acids is 2. The average molecular weight is 566 g/mol. The van der Waals surface area contributed by atoms with E-state index < -0.39 is 17.7 Å². The molecule has 1 aliphatic heterocycles. The smallest absolute Gasteiger partial charge is 0.301 e. The largest absolute Gasteiger partial charge is 0.507 e. The number of carbonyl (C=O) groups is 2. The van der Waals surface area contributed by atoms with E-state index in [0.29, 0.717) is 31.8 Å². The highest BCUT2D eigenvalue weighted by Crippen LogP contribution is 2.44. The predicted molar refractivity (Wildman–Crippen MR) is 148 cm³/mol. The van der Waals surface area contributed by atoms with Gasteiger partial charge >= 0.3 is 5.91 Å². The number of aryl methyl sites for hydroxylation is 1. The van der Waals surface area contributed by atoms with E-state index >= 15 is 0 Å². The molecular formula is C28H21ClFN3O3S2. The number of rotatable bonds is 7. The van der Waals surface area contributed by atoms with Crippen LogP contribution >= 0.6 is 34.7 Å². The molecule has 192 valence electrons. The summed E-state index contributed by atoms with van der Waals surface area (Å²) in [5.74, 6) is -1.91. The molecule has 0 bridgehead atoms. The van der Waals surface area contributed by atoms with E-state index in [0.717, 1.165) is 23.3 Å². The first-order valence-corrected chi connectivity index (χ1v) is 13.9. The van der Waals surface area contributed by atoms with Crippen molar-refractivity contribution in [3.8, 4) is 0 Å². The fraction of sp³-hybridized carbons (Fsp3) is 0.143. The zero-order valence-corrected chi connectivity index (χ0v) is 22.5. The Balaban J connectivity index is 1.54. The van der Waals surface area contributed by atoms with E-state index in [1.807, 2.05) is 31.2 Å². The van der Waals surface area contributed by atoms with Gasteiger partial charge in [-0.15, -0.1) is 10.2 Å². The summed E-state index contributed by atoms with van der Waals surface area (Å²) in [4.78, 5) is 27.9. The maximum Gasteiger partial charge on any atom is 0.301 e. The van der Waals surface area contributed by atoms with Crippen molar-refractivity contribution in [1.82, 2.24) is 10.2 Å². The third-order valence-electron chi connectivity index (χ3n) is 6.18. The lowest BCUT2D eigenvalue weighted by molar-refractivity contribution is -0.132. The average Bonchev–Trinajstić information content (AvgIpc) is 3.50. The van der Waals surface area contributed by atoms with Gasteiger partial charge in [0, 0.05) is 16.3 Å². The first-order chi connectivity index (χ1) is 18.4. The second kappa shape index (κ2) is 11.1. The van der Waals surface area contributed by atoms with Gasteiger partial charge in [0.25, 0.3) is 5.78 Å². The number of Topliss-reactive ketones (excluding diaryl/α,β-unsaturated/α-hetero) is 1. The lowest BCUT2D eigenvalue weighted by atomic mass is 9.94. The van der Waals surface area contributed by atoms with E-state index in [4.69, 9.17) is 11.6 Å². The number of amides is 1. The second-order valence-corrected chi connectivity index (χ2v) is 11.1. The van der Waals surface area contributed by atoms with Crippen molar-refractivity contribution in [2.24, 2.45) is 0 Å². The van der Waals surface area contributed by atoms with Crippen LogP contribution in [-0.4, -0.2) is 27.0 Å². The molecule has 1 fully saturated rings. The fourth-order valence-corrected chi connectivity index (χ4v) is 6.14. The van der Waals surface area contributed by atoms with Crippen LogP contribution in [-0.2, 0) is 21.8 Å². The van der Waals surface area contributed by atoms with Gasteiger partial charge < -0.3 is 5.11 Å². The number of benzene rings is 3. The summed E-state index contributed by atoms with van der Waals surface area (Å²) in [7, 11) is 0. The molecule has 0 radical (unpaired) electrons. The molecule has 6 nitrogen and oxygen atoms in total. The lowest BCUT2D eigenvalue weighted by Gasteiger charge is -2.22. The molecule has 1 saturated heterocycles. The van der Waals surface area contributed by atoms with Gasteiger partial charge in [0.2, 0.25) is 5.13 Å². The van der Waals surface area contributed by atoms with Crippen LogP contribution < -0.4 is 4.90 Å². The normalized spacial score (nSPS) is 16.8. The summed E-state index contributed by atoms with van der Waals surface area (Å²) in [6, 6.07) is 19.5. The van der Waals surface area contributed by atoms with Crippen molar-refractivity contribution < 1.29 is 19.1 Å². The number of ketones is 1. The second-order valence-electron chi connectivity index (χ2n) is 8.50. The number of nitrogens with zero attached hydrogens (tertiary/aromatic N) is 3. The van der Waals surface area contributed by atoms with Gasteiger partial charge in [-0.1, -0.05) is 84.1 Å². The first kappa shape index (κ1) is 26.1. The highest BCUT2D eigenvalue weighted by molar-refractivity contribution is 8.00. The Morgan fingerprint density at radius 1 is 1.05 bits per heavy atom. The SMILES string of the molecule is CCc1ccc(C2/C(=C(/O)c3ccc(Cl)cc3)C(=O)C(=O)N2c2nnc(SCc3ccccc3F)s2)cc1. The Morgan fingerprint density at radius 2 is 1.76 bits per heavy atom. The Bertz CT molecular complexity index is 1540. The Hall–Kier alpha value is -3.53. The maximum absolute atomic E-state index is 14.0. The highest BCUT2D eigenvalue weighted by Gasteiger charge is 2.48. The van der Waals surface area contributed by atoms with Crippen LogP contribution in [0.25, 0.3) is 5.76 Å². The minimum Gasteiger partial charge on any atom is -0.507 e. The van der Waals surface area contributed by atoms with Crippen LogP contribution in [0.3, 0.4) is 0 Å². The summed E-state index contributed by atoms with van der Waals surface area (Å²) in [6.07, 6.45) is 0.824. The molecule has 38 heavy (non-hydrogen) atoms. The van der Waals surface area contributed by atoms with Crippen molar-refractivity contribution in [2.45, 2.75) is 29.5 Å². The summed E-state index contributed by atoms with van der Waals surface area (Å²) in [6.45, 7) is 2.03. The Kier molecular flexibility index (Phi) is 7.60. The fourth-order valence-electron chi connectivity index (χ4n) is 4.16. The van der Waals surface area contributed by atoms with Crippen molar-refractivity contribution in [3.63, 3.8) is 0 Å². The van der Waals surface area contributed by atoms with Crippen LogP contribution in [0.15, 0.2) is 82.7 Å². The number of aliphatic hydroxyl groups is 1. The summed E-state index contributed by atoms with van der Waals surface area (Å²) in [5, 5.41) is 20.2. The van der Waals surface area contributed by atoms with Gasteiger partial charge in [-0.3, -0.25) is 14.5 Å². The molecule has 3 aromatic carbocycles. The first-order valence-electron chi connectivity index (χ1n) is 11.7. The molecule has 10 heteroatoms. The van der Waals surface area contributed by atoms with Crippen molar-refractivity contribution in [1.29, 1.82) is 0 Å². The standard InChI is InChI=1S/C28H21ClFN3O3S2/c1-2-16-7-9-17(10-8-16)23-22(24(34)18-11-13-20(29)14-12-18)25(35)26(36)33(23)27-31-32-28(38-27)37-15-19-5-3-4-6-21(19)30/h3-14,23,34H,2,15H2,1H3/b24-22-. The molecule has 0 saturated carbocycles. The van der Waals surface area contributed by atoms with Crippen LogP contribution in [0.1, 0.15) is 35.2 Å². The Morgan fingerprint density at radius 3 is 2.45 bits per heavy atom. The van der Waals surface area contributed by atoms with E-state index in [-0.39, 0.29) is 22.3 Å². The topological polar surface area (TPSA) is 83.4 Å². The molecule has 1 aliphatic rings. The van der Waals surface area contributed by atoms with Crippen molar-refractivity contribution in [2.75, 3.05) is 4.90 Å². The highest BCUT2D eigenvalue weighted by atomic mass is 35.5. The minimum atomic E-state index is -0.908. The minimum absolute atomic E-state index is 0.0441. The molecule has 1 aromatic heterocycles. The summed E-state index contributed by atoms with van der Waals surface area (Å²) in [5.41, 5.74) is 2.57. The molecule has 0 aliphatic carbocycles. The van der Waals surface area contributed by atoms with Crippen LogP contribution in [0.4, 0.5) is 9.52 Å². The van der Waals surface area contributed by atoms with E-state index in [2.05, 4.69) is 10.2 Å². The van der Waals surface area contributed by atoms with E-state index in [9.17, 15) is 19.1 Å². The van der Waals surface area contributed by atoms with Gasteiger partial charge in [0.1, 0.15) is 11.6 Å². The molecule has 1 atom stereocenters. The molecule has 1 unspecified atom stereocenters. The number of hydrogen-bond acceptors (Lipinski definition) is 7. The number of halogens is 2. The molecule has 5 rings (SSSR count). The molecule has 1 N–H and O–H groups in total. The van der Waals surface area contributed by atoms with Gasteiger partial charge in [-0.05, 0) is 53.4 Å². The molecule has 4 aromatic rings. The van der Waals surface area contributed by atoms with Crippen molar-refractivity contribution in [3.05, 3.63) is 111 Å². The number of thioether (sulfide) groups is 1. The summed E-state index contributed by atoms with van der Waals surface area (Å²) < 4.78 is 14.6. The molecule has 1 amide bonds. The quantitative estimate of drug-likeness (QED) is 0.0871. The molecule has 2 heterocycles. The monoisotopic (exact) mass is 565 g/mol. The van der Waals surface area contributed by atoms with Gasteiger partial charge in [0.05, 0.1) is 11.6 Å². The maximum atomic E-state index is 14.0. The van der Waals surface area contributed by atoms with E-state index in [1.54, 1.807) is 42.5 Å². The number of hydrogen-bond donors (Lipinski definition) is 1. The van der Waals surface area contributed by atoms with Gasteiger partial charge in [-0.2, -0.15) is 0 Å². The Labute approximate surface area is 231 Å². The van der Waals surface area contributed by atoms with Crippen LogP contribution in [0, 0.1) is 5.82 Å². The predicted octanol–water partition coefficient (Wildman–Crippen LogP) is 6.81. The number of anilines is 1. The number of aliphatic hydroxyl groups excluding tert-OH is 1. The zero-order valence-electron chi connectivity index (χ0n) is 20.1. The third-order valence-corrected chi connectivity index (χ3v) is 8.53.